The van der Waals surface area contributed by atoms with E-state index in [1.807, 2.05) is 12.1 Å². The highest BCUT2D eigenvalue weighted by molar-refractivity contribution is 5.94. The van der Waals surface area contributed by atoms with Crippen molar-refractivity contribution in [1.82, 2.24) is 5.32 Å². The molecular weight excluding hydrogens is 340 g/mol. The third-order valence-electron chi connectivity index (χ3n) is 4.65. The van der Waals surface area contributed by atoms with Crippen molar-refractivity contribution in [1.29, 1.82) is 0 Å². The average molecular weight is 368 g/mol. The molecule has 1 aliphatic rings. The van der Waals surface area contributed by atoms with Gasteiger partial charge in [0.2, 0.25) is 0 Å². The van der Waals surface area contributed by atoms with Gasteiger partial charge < -0.3 is 19.7 Å². The van der Waals surface area contributed by atoms with E-state index in [4.69, 9.17) is 9.47 Å². The molecule has 2 aromatic carbocycles. The van der Waals surface area contributed by atoms with Crippen molar-refractivity contribution in [2.24, 2.45) is 0 Å². The fourth-order valence-corrected chi connectivity index (χ4v) is 2.97. The monoisotopic (exact) mass is 368 g/mol. The van der Waals surface area contributed by atoms with Crippen LogP contribution in [0.25, 0.3) is 0 Å². The quantitative estimate of drug-likeness (QED) is 0.723. The highest BCUT2D eigenvalue weighted by Gasteiger charge is 2.11. The Balaban J connectivity index is 1.48. The highest BCUT2D eigenvalue weighted by Crippen LogP contribution is 2.17. The van der Waals surface area contributed by atoms with Gasteiger partial charge in [-0.1, -0.05) is 25.5 Å². The second-order valence-electron chi connectivity index (χ2n) is 6.67. The summed E-state index contributed by atoms with van der Waals surface area (Å²) in [5.74, 6) is 0.728. The summed E-state index contributed by atoms with van der Waals surface area (Å²) < 4.78 is 11.0. The van der Waals surface area contributed by atoms with Gasteiger partial charge in [0, 0.05) is 30.9 Å². The van der Waals surface area contributed by atoms with Gasteiger partial charge in [0.15, 0.2) is 0 Å². The second-order valence-corrected chi connectivity index (χ2v) is 6.67. The van der Waals surface area contributed by atoms with Crippen molar-refractivity contribution in [3.63, 3.8) is 0 Å². The molecule has 1 fully saturated rings. The van der Waals surface area contributed by atoms with Gasteiger partial charge in [0.1, 0.15) is 5.75 Å². The van der Waals surface area contributed by atoms with E-state index >= 15 is 0 Å². The number of nitrogens with zero attached hydrogens (tertiary/aromatic N) is 1. The van der Waals surface area contributed by atoms with Crippen LogP contribution in [0.3, 0.4) is 0 Å². The molecule has 1 aliphatic heterocycles. The Kier molecular flexibility index (Phi) is 7.11. The van der Waals surface area contributed by atoms with Crippen molar-refractivity contribution in [2.45, 2.75) is 26.3 Å². The molecule has 1 saturated heterocycles. The Morgan fingerprint density at radius 3 is 2.44 bits per heavy atom. The topological polar surface area (TPSA) is 50.8 Å². The van der Waals surface area contributed by atoms with Gasteiger partial charge in [-0.25, -0.2) is 0 Å². The molecule has 0 atom stereocenters. The summed E-state index contributed by atoms with van der Waals surface area (Å²) in [6.07, 6.45) is 2.14. The van der Waals surface area contributed by atoms with Crippen molar-refractivity contribution >= 4 is 11.6 Å². The van der Waals surface area contributed by atoms with Crippen LogP contribution in [0.1, 0.15) is 35.7 Å². The molecule has 5 nitrogen and oxygen atoms in total. The zero-order chi connectivity index (χ0) is 18.9. The Morgan fingerprint density at radius 1 is 1.07 bits per heavy atom. The average Bonchev–Trinajstić information content (AvgIpc) is 2.74. The number of amides is 1. The normalized spacial score (nSPS) is 14.0. The SMILES string of the molecule is CCCCOc1ccc(C(=O)NCc2ccc(N3CCOCC3)cc2)cc1. The molecule has 1 heterocycles. The van der Waals surface area contributed by atoms with Crippen LogP contribution in [-0.4, -0.2) is 38.8 Å². The predicted molar refractivity (Wildman–Crippen MR) is 107 cm³/mol. The van der Waals surface area contributed by atoms with E-state index in [0.717, 1.165) is 50.5 Å². The van der Waals surface area contributed by atoms with Crippen LogP contribution in [0.2, 0.25) is 0 Å². The van der Waals surface area contributed by atoms with Crippen molar-refractivity contribution in [3.05, 3.63) is 59.7 Å². The van der Waals surface area contributed by atoms with E-state index in [-0.39, 0.29) is 5.91 Å². The van der Waals surface area contributed by atoms with Crippen LogP contribution in [0.5, 0.6) is 5.75 Å². The highest BCUT2D eigenvalue weighted by atomic mass is 16.5. The number of ether oxygens (including phenoxy) is 2. The van der Waals surface area contributed by atoms with Gasteiger partial charge in [0.25, 0.3) is 5.91 Å². The summed E-state index contributed by atoms with van der Waals surface area (Å²) >= 11 is 0. The van der Waals surface area contributed by atoms with Crippen LogP contribution in [0, 0.1) is 0 Å². The lowest BCUT2D eigenvalue weighted by Gasteiger charge is -2.28. The Morgan fingerprint density at radius 2 is 1.78 bits per heavy atom. The smallest absolute Gasteiger partial charge is 0.251 e. The van der Waals surface area contributed by atoms with E-state index < -0.39 is 0 Å². The van der Waals surface area contributed by atoms with Gasteiger partial charge in [-0.15, -0.1) is 0 Å². The lowest BCUT2D eigenvalue weighted by Crippen LogP contribution is -2.36. The van der Waals surface area contributed by atoms with Crippen LogP contribution < -0.4 is 15.0 Å². The zero-order valence-corrected chi connectivity index (χ0v) is 15.9. The molecule has 5 heteroatoms. The van der Waals surface area contributed by atoms with Crippen molar-refractivity contribution in [3.8, 4) is 5.75 Å². The Hall–Kier alpha value is -2.53. The maximum Gasteiger partial charge on any atom is 0.251 e. The lowest BCUT2D eigenvalue weighted by atomic mass is 10.1. The number of carbonyl (C=O) groups is 1. The number of morpholine rings is 1. The zero-order valence-electron chi connectivity index (χ0n) is 15.9. The molecule has 2 aromatic rings. The van der Waals surface area contributed by atoms with Gasteiger partial charge in [-0.05, 0) is 48.4 Å². The summed E-state index contributed by atoms with van der Waals surface area (Å²) in [5.41, 5.74) is 2.93. The largest absolute Gasteiger partial charge is 0.494 e. The van der Waals surface area contributed by atoms with Crippen LogP contribution in [-0.2, 0) is 11.3 Å². The molecule has 0 spiro atoms. The molecule has 3 rings (SSSR count). The van der Waals surface area contributed by atoms with Gasteiger partial charge >= 0.3 is 0 Å². The summed E-state index contributed by atoms with van der Waals surface area (Å²) in [6.45, 7) is 6.76. The van der Waals surface area contributed by atoms with Crippen LogP contribution in [0.15, 0.2) is 48.5 Å². The van der Waals surface area contributed by atoms with E-state index in [9.17, 15) is 4.79 Å². The molecule has 0 bridgehead atoms. The molecule has 1 amide bonds. The minimum Gasteiger partial charge on any atom is -0.494 e. The first kappa shape index (κ1) is 19.2. The fraction of sp³-hybridized carbons (Fsp3) is 0.409. The molecule has 0 aliphatic carbocycles. The fourth-order valence-electron chi connectivity index (χ4n) is 2.97. The molecule has 0 saturated carbocycles. The Labute approximate surface area is 161 Å². The standard InChI is InChI=1S/C22H28N2O3/c1-2-3-14-27-21-10-6-19(7-11-21)22(25)23-17-18-4-8-20(9-5-18)24-12-15-26-16-13-24/h4-11H,2-3,12-17H2,1H3,(H,23,25). The van der Waals surface area contributed by atoms with E-state index in [1.54, 1.807) is 12.1 Å². The second kappa shape index (κ2) is 9.97. The minimum absolute atomic E-state index is 0.0765. The number of carbonyl (C=O) groups excluding carboxylic acids is 1. The van der Waals surface area contributed by atoms with Gasteiger partial charge in [-0.3, -0.25) is 4.79 Å². The molecule has 27 heavy (non-hydrogen) atoms. The molecule has 144 valence electrons. The van der Waals surface area contributed by atoms with E-state index in [1.165, 1.54) is 5.69 Å². The third kappa shape index (κ3) is 5.73. The lowest BCUT2D eigenvalue weighted by molar-refractivity contribution is 0.0951. The number of hydrogen-bond acceptors (Lipinski definition) is 4. The molecule has 0 radical (unpaired) electrons. The first-order chi connectivity index (χ1) is 13.3. The van der Waals surface area contributed by atoms with Crippen molar-refractivity contribution < 1.29 is 14.3 Å². The predicted octanol–water partition coefficient (Wildman–Crippen LogP) is 3.63. The first-order valence-corrected chi connectivity index (χ1v) is 9.69. The van der Waals surface area contributed by atoms with E-state index in [0.29, 0.717) is 18.7 Å². The molecule has 0 unspecified atom stereocenters. The Bertz CT molecular complexity index is 707. The third-order valence-corrected chi connectivity index (χ3v) is 4.65. The van der Waals surface area contributed by atoms with Crippen LogP contribution in [0.4, 0.5) is 5.69 Å². The molecule has 0 aromatic heterocycles. The van der Waals surface area contributed by atoms with Crippen LogP contribution >= 0.6 is 0 Å². The molecular formula is C22H28N2O3. The maximum atomic E-state index is 12.3. The number of anilines is 1. The van der Waals surface area contributed by atoms with Crippen molar-refractivity contribution in [2.75, 3.05) is 37.8 Å². The summed E-state index contributed by atoms with van der Waals surface area (Å²) in [4.78, 5) is 14.6. The number of hydrogen-bond donors (Lipinski definition) is 1. The van der Waals surface area contributed by atoms with E-state index in [2.05, 4.69) is 41.4 Å². The molecule has 1 N–H and O–H groups in total. The summed E-state index contributed by atoms with van der Waals surface area (Å²) in [6, 6.07) is 15.6. The number of rotatable bonds is 8. The number of benzene rings is 2. The van der Waals surface area contributed by atoms with Gasteiger partial charge in [-0.2, -0.15) is 0 Å². The minimum atomic E-state index is -0.0765. The summed E-state index contributed by atoms with van der Waals surface area (Å²) in [7, 11) is 0. The van der Waals surface area contributed by atoms with Gasteiger partial charge in [0.05, 0.1) is 19.8 Å². The summed E-state index contributed by atoms with van der Waals surface area (Å²) in [5, 5.41) is 2.97. The number of unbranched alkanes of at least 4 members (excludes halogenated alkanes) is 1. The number of nitrogens with one attached hydrogen (secondary N) is 1. The first-order valence-electron chi connectivity index (χ1n) is 9.69. The maximum absolute atomic E-state index is 12.3.